The highest BCUT2D eigenvalue weighted by Crippen LogP contribution is 2.21. The van der Waals surface area contributed by atoms with Crippen molar-refractivity contribution in [2.75, 3.05) is 5.32 Å². The van der Waals surface area contributed by atoms with Crippen LogP contribution in [0.5, 0.6) is 0 Å². The van der Waals surface area contributed by atoms with Crippen LogP contribution in [-0.2, 0) is 0 Å². The molecule has 0 aliphatic rings. The van der Waals surface area contributed by atoms with Gasteiger partial charge in [-0.05, 0) is 36.8 Å². The molecule has 0 saturated carbocycles. The fraction of sp³-hybridized carbons (Fsp3) is 0.143. The number of hydrogen-bond donors (Lipinski definition) is 2. The summed E-state index contributed by atoms with van der Waals surface area (Å²) in [6, 6.07) is 12.1. The molecular weight excluding hydrogens is 322 g/mol. The van der Waals surface area contributed by atoms with Gasteiger partial charge < -0.3 is 11.1 Å². The Hall–Kier alpha value is -1.46. The van der Waals surface area contributed by atoms with Crippen molar-refractivity contribution >= 4 is 38.8 Å². The van der Waals surface area contributed by atoms with Crippen LogP contribution in [0.2, 0.25) is 0 Å². The molecule has 0 aliphatic carbocycles. The minimum Gasteiger partial charge on any atom is -0.388 e. The van der Waals surface area contributed by atoms with E-state index in [1.165, 1.54) is 5.56 Å². The van der Waals surface area contributed by atoms with Gasteiger partial charge in [0.15, 0.2) is 0 Å². The van der Waals surface area contributed by atoms with E-state index in [1.807, 2.05) is 24.3 Å². The van der Waals surface area contributed by atoms with Crippen LogP contribution in [0.3, 0.4) is 0 Å². The zero-order valence-corrected chi connectivity index (χ0v) is 12.8. The van der Waals surface area contributed by atoms with Crippen LogP contribution in [0.1, 0.15) is 24.2 Å². The quantitative estimate of drug-likeness (QED) is 0.837. The van der Waals surface area contributed by atoms with Gasteiger partial charge in [0, 0.05) is 10.5 Å². The van der Waals surface area contributed by atoms with Gasteiger partial charge in [-0.2, -0.15) is 0 Å². The van der Waals surface area contributed by atoms with Gasteiger partial charge in [0.25, 0.3) is 0 Å². The van der Waals surface area contributed by atoms with Crippen LogP contribution in [0.15, 0.2) is 47.1 Å². The normalized spacial score (nSPS) is 11.9. The number of nitrogens with two attached hydrogens (primary N) is 1. The average Bonchev–Trinajstić information content (AvgIpc) is 2.39. The van der Waals surface area contributed by atoms with Gasteiger partial charge >= 0.3 is 0 Å². The fourth-order valence-corrected chi connectivity index (χ4v) is 2.27. The number of anilines is 1. The Bertz CT molecular complexity index is 583. The zero-order valence-electron chi connectivity index (χ0n) is 10.4. The second-order valence-corrected chi connectivity index (χ2v) is 5.57. The molecule has 1 unspecified atom stereocenters. The molecule has 19 heavy (non-hydrogen) atoms. The summed E-state index contributed by atoms with van der Waals surface area (Å²) in [4.78, 5) is 4.52. The molecule has 0 saturated heterocycles. The highest BCUT2D eigenvalue weighted by atomic mass is 79.9. The largest absolute Gasteiger partial charge is 0.388 e. The standard InChI is InChI=1S/C14H14BrN3S/c1-9(10-3-2-4-11(15)7-10)18-12-5-6-13(14(16)19)17-8-12/h2-9,18H,1H3,(H2,16,19). The van der Waals surface area contributed by atoms with E-state index < -0.39 is 0 Å². The number of halogens is 1. The third kappa shape index (κ3) is 3.75. The number of hydrogen-bond acceptors (Lipinski definition) is 3. The van der Waals surface area contributed by atoms with Crippen molar-refractivity contribution < 1.29 is 0 Å². The highest BCUT2D eigenvalue weighted by molar-refractivity contribution is 9.10. The van der Waals surface area contributed by atoms with Crippen molar-refractivity contribution in [3.05, 3.63) is 58.3 Å². The third-order valence-electron chi connectivity index (χ3n) is 2.75. The molecule has 0 spiro atoms. The lowest BCUT2D eigenvalue weighted by Crippen LogP contribution is -2.12. The molecule has 0 radical (unpaired) electrons. The average molecular weight is 336 g/mol. The number of nitrogens with one attached hydrogen (secondary N) is 1. The van der Waals surface area contributed by atoms with Crippen molar-refractivity contribution in [2.24, 2.45) is 5.73 Å². The van der Waals surface area contributed by atoms with E-state index in [9.17, 15) is 0 Å². The van der Waals surface area contributed by atoms with E-state index >= 15 is 0 Å². The third-order valence-corrected chi connectivity index (χ3v) is 3.45. The molecule has 1 aromatic carbocycles. The van der Waals surface area contributed by atoms with Crippen LogP contribution in [0, 0.1) is 0 Å². The number of rotatable bonds is 4. The SMILES string of the molecule is CC(Nc1ccc(C(N)=S)nc1)c1cccc(Br)c1. The van der Waals surface area contributed by atoms with Crippen molar-refractivity contribution in [1.82, 2.24) is 4.98 Å². The first-order valence-corrected chi connectivity index (χ1v) is 7.04. The summed E-state index contributed by atoms with van der Waals surface area (Å²) in [7, 11) is 0. The van der Waals surface area contributed by atoms with Gasteiger partial charge in [0.2, 0.25) is 0 Å². The molecule has 98 valence electrons. The minimum atomic E-state index is 0.190. The van der Waals surface area contributed by atoms with Gasteiger partial charge in [0.05, 0.1) is 17.6 Å². The van der Waals surface area contributed by atoms with Crippen molar-refractivity contribution in [1.29, 1.82) is 0 Å². The van der Waals surface area contributed by atoms with Crippen LogP contribution in [0.4, 0.5) is 5.69 Å². The molecule has 3 N–H and O–H groups in total. The lowest BCUT2D eigenvalue weighted by Gasteiger charge is -2.16. The van der Waals surface area contributed by atoms with E-state index in [1.54, 1.807) is 6.20 Å². The molecule has 1 heterocycles. The van der Waals surface area contributed by atoms with E-state index in [-0.39, 0.29) is 6.04 Å². The first-order chi connectivity index (χ1) is 9.06. The lowest BCUT2D eigenvalue weighted by molar-refractivity contribution is 0.882. The second kappa shape index (κ2) is 6.12. The molecular formula is C14H14BrN3S. The number of nitrogens with zero attached hydrogens (tertiary/aromatic N) is 1. The summed E-state index contributed by atoms with van der Waals surface area (Å²) in [5.74, 6) is 0. The molecule has 3 nitrogen and oxygen atoms in total. The van der Waals surface area contributed by atoms with Crippen LogP contribution < -0.4 is 11.1 Å². The Morgan fingerprint density at radius 3 is 2.74 bits per heavy atom. The van der Waals surface area contributed by atoms with Crippen molar-refractivity contribution in [3.63, 3.8) is 0 Å². The molecule has 0 bridgehead atoms. The summed E-state index contributed by atoms with van der Waals surface area (Å²) in [5.41, 5.74) is 8.29. The van der Waals surface area contributed by atoms with E-state index in [0.717, 1.165) is 10.2 Å². The Labute approximate surface area is 126 Å². The molecule has 2 rings (SSSR count). The maximum Gasteiger partial charge on any atom is 0.122 e. The smallest absolute Gasteiger partial charge is 0.122 e. The predicted molar refractivity (Wildman–Crippen MR) is 86.3 cm³/mol. The Morgan fingerprint density at radius 2 is 2.16 bits per heavy atom. The number of pyridine rings is 1. The van der Waals surface area contributed by atoms with Crippen LogP contribution >= 0.6 is 28.1 Å². The van der Waals surface area contributed by atoms with Crippen LogP contribution in [0.25, 0.3) is 0 Å². The van der Waals surface area contributed by atoms with Gasteiger partial charge in [-0.1, -0.05) is 40.3 Å². The monoisotopic (exact) mass is 335 g/mol. The summed E-state index contributed by atoms with van der Waals surface area (Å²) >= 11 is 8.35. The Balaban J connectivity index is 2.10. The van der Waals surface area contributed by atoms with E-state index in [0.29, 0.717) is 10.7 Å². The summed E-state index contributed by atoms with van der Waals surface area (Å²) in [6.07, 6.45) is 1.74. The minimum absolute atomic E-state index is 0.190. The topological polar surface area (TPSA) is 50.9 Å². The number of aromatic nitrogens is 1. The Morgan fingerprint density at radius 1 is 1.37 bits per heavy atom. The molecule has 5 heteroatoms. The van der Waals surface area contributed by atoms with E-state index in [2.05, 4.69) is 45.3 Å². The van der Waals surface area contributed by atoms with Gasteiger partial charge in [-0.15, -0.1) is 0 Å². The molecule has 1 atom stereocenters. The predicted octanol–water partition coefficient (Wildman–Crippen LogP) is 3.65. The molecule has 2 aromatic rings. The Kier molecular flexibility index (Phi) is 4.50. The molecule has 0 aliphatic heterocycles. The second-order valence-electron chi connectivity index (χ2n) is 4.22. The lowest BCUT2D eigenvalue weighted by atomic mass is 10.1. The maximum atomic E-state index is 5.52. The summed E-state index contributed by atoms with van der Waals surface area (Å²) in [6.45, 7) is 2.10. The van der Waals surface area contributed by atoms with Crippen LogP contribution in [-0.4, -0.2) is 9.97 Å². The zero-order chi connectivity index (χ0) is 13.8. The number of thiocarbonyl (C=S) groups is 1. The molecule has 0 amide bonds. The van der Waals surface area contributed by atoms with Gasteiger partial charge in [-0.25, -0.2) is 0 Å². The summed E-state index contributed by atoms with van der Waals surface area (Å²) < 4.78 is 1.07. The first-order valence-electron chi connectivity index (χ1n) is 5.84. The maximum absolute atomic E-state index is 5.52. The van der Waals surface area contributed by atoms with Gasteiger partial charge in [0.1, 0.15) is 4.99 Å². The highest BCUT2D eigenvalue weighted by Gasteiger charge is 2.06. The van der Waals surface area contributed by atoms with Gasteiger partial charge in [-0.3, -0.25) is 4.98 Å². The number of benzene rings is 1. The summed E-state index contributed by atoms with van der Waals surface area (Å²) in [5, 5.41) is 3.38. The van der Waals surface area contributed by atoms with E-state index in [4.69, 9.17) is 18.0 Å². The molecule has 0 fully saturated rings. The van der Waals surface area contributed by atoms with Crippen molar-refractivity contribution in [2.45, 2.75) is 13.0 Å². The first kappa shape index (κ1) is 14.0. The fourth-order valence-electron chi connectivity index (χ4n) is 1.73. The molecule has 1 aromatic heterocycles. The van der Waals surface area contributed by atoms with Crippen molar-refractivity contribution in [3.8, 4) is 0 Å².